The third-order valence-corrected chi connectivity index (χ3v) is 10.9. The summed E-state index contributed by atoms with van der Waals surface area (Å²) in [5, 5.41) is 0. The van der Waals surface area contributed by atoms with E-state index >= 15 is 0 Å². The molecule has 4 aromatic heterocycles. The van der Waals surface area contributed by atoms with E-state index in [0.29, 0.717) is 0 Å². The summed E-state index contributed by atoms with van der Waals surface area (Å²) in [7, 11) is 4.11. The van der Waals surface area contributed by atoms with Crippen LogP contribution in [0.3, 0.4) is 0 Å². The molecule has 1 aliphatic carbocycles. The van der Waals surface area contributed by atoms with Crippen LogP contribution in [0.1, 0.15) is 40.1 Å². The van der Waals surface area contributed by atoms with Crippen LogP contribution in [0.2, 0.25) is 0 Å². The van der Waals surface area contributed by atoms with E-state index in [0.717, 1.165) is 12.8 Å². The SMILES string of the molecule is Cc1sc(-c2ccc(-c3cc[n+](C)cc3)cc2)cc1C1=C(c2cc(-c3ccc(-c4cc[n+](C)cc4)cc3)sc2C)CCC1. The second kappa shape index (κ2) is 11.5. The Bertz CT molecular complexity index is 1790. The average molecular weight is 597 g/mol. The maximum atomic E-state index is 2.45. The standard InChI is InChI=1S/C39H36N2S2/c1-26-36(24-38(42-26)32-12-8-28(9-13-32)30-16-20-40(3)21-17-30)34-6-5-7-35(34)37-25-39(43-27(37)2)33-14-10-29(11-15-33)31-18-22-41(4)23-19-31/h8-25H,5-7H2,1-4H3/q+2. The van der Waals surface area contributed by atoms with Gasteiger partial charge in [-0.2, -0.15) is 0 Å². The van der Waals surface area contributed by atoms with Gasteiger partial charge in [-0.15, -0.1) is 22.7 Å². The van der Waals surface area contributed by atoms with Gasteiger partial charge in [-0.3, -0.25) is 0 Å². The lowest BCUT2D eigenvalue weighted by Crippen LogP contribution is -2.25. The number of nitrogens with zero attached hydrogens (tertiary/aromatic N) is 2. The number of aryl methyl sites for hydroxylation is 4. The van der Waals surface area contributed by atoms with Crippen LogP contribution < -0.4 is 9.13 Å². The van der Waals surface area contributed by atoms with Gasteiger partial charge < -0.3 is 0 Å². The molecule has 4 heteroatoms. The minimum absolute atomic E-state index is 1.16. The smallest absolute Gasteiger partial charge is 0.169 e. The van der Waals surface area contributed by atoms with Crippen molar-refractivity contribution >= 4 is 33.8 Å². The molecule has 0 spiro atoms. The molecule has 0 radical (unpaired) electrons. The Kier molecular flexibility index (Phi) is 7.42. The first-order valence-electron chi connectivity index (χ1n) is 15.0. The minimum atomic E-state index is 1.16. The van der Waals surface area contributed by atoms with Gasteiger partial charge in [0.1, 0.15) is 14.1 Å². The number of allylic oxidation sites excluding steroid dienone is 2. The van der Waals surface area contributed by atoms with Crippen molar-refractivity contribution in [2.75, 3.05) is 0 Å². The van der Waals surface area contributed by atoms with Crippen molar-refractivity contribution in [2.45, 2.75) is 33.1 Å². The molecule has 7 rings (SSSR count). The van der Waals surface area contributed by atoms with Crippen LogP contribution in [0.4, 0.5) is 0 Å². The first-order valence-corrected chi connectivity index (χ1v) is 16.6. The maximum Gasteiger partial charge on any atom is 0.169 e. The van der Waals surface area contributed by atoms with Crippen molar-refractivity contribution < 1.29 is 9.13 Å². The molecule has 0 fully saturated rings. The summed E-state index contributed by atoms with van der Waals surface area (Å²) in [4.78, 5) is 5.55. The van der Waals surface area contributed by atoms with Crippen molar-refractivity contribution in [1.82, 2.24) is 0 Å². The predicted octanol–water partition coefficient (Wildman–Crippen LogP) is 9.84. The van der Waals surface area contributed by atoms with E-state index in [9.17, 15) is 0 Å². The van der Waals surface area contributed by atoms with Crippen LogP contribution in [0, 0.1) is 13.8 Å². The van der Waals surface area contributed by atoms with Gasteiger partial charge >= 0.3 is 0 Å². The van der Waals surface area contributed by atoms with Gasteiger partial charge in [0, 0.05) is 43.8 Å². The largest absolute Gasteiger partial charge is 0.208 e. The Balaban J connectivity index is 1.17. The Morgan fingerprint density at radius 1 is 0.465 bits per heavy atom. The lowest BCUT2D eigenvalue weighted by atomic mass is 9.96. The van der Waals surface area contributed by atoms with Gasteiger partial charge in [0.25, 0.3) is 0 Å². The Morgan fingerprint density at radius 2 is 0.791 bits per heavy atom. The van der Waals surface area contributed by atoms with Crippen LogP contribution in [0.15, 0.2) is 110 Å². The van der Waals surface area contributed by atoms with E-state index in [4.69, 9.17) is 0 Å². The van der Waals surface area contributed by atoms with Crippen LogP contribution in [0.5, 0.6) is 0 Å². The number of pyridine rings is 2. The van der Waals surface area contributed by atoms with Crippen molar-refractivity contribution in [3.8, 4) is 43.1 Å². The molecule has 0 atom stereocenters. The van der Waals surface area contributed by atoms with Gasteiger partial charge in [-0.25, -0.2) is 9.13 Å². The third kappa shape index (κ3) is 5.53. The molecule has 0 aliphatic heterocycles. The summed E-state index contributed by atoms with van der Waals surface area (Å²) in [6.45, 7) is 4.59. The molecule has 0 saturated heterocycles. The molecule has 0 N–H and O–H groups in total. The fraction of sp³-hybridized carbons (Fsp3) is 0.179. The topological polar surface area (TPSA) is 7.76 Å². The fourth-order valence-corrected chi connectivity index (χ4v) is 8.33. The van der Waals surface area contributed by atoms with Gasteiger partial charge in [-0.05, 0) is 101 Å². The number of hydrogen-bond donors (Lipinski definition) is 0. The van der Waals surface area contributed by atoms with Gasteiger partial charge in [0.2, 0.25) is 0 Å². The number of benzene rings is 2. The quantitative estimate of drug-likeness (QED) is 0.169. The van der Waals surface area contributed by atoms with Crippen LogP contribution >= 0.6 is 22.7 Å². The van der Waals surface area contributed by atoms with E-state index in [2.05, 4.69) is 147 Å². The Morgan fingerprint density at radius 3 is 1.16 bits per heavy atom. The van der Waals surface area contributed by atoms with Crippen molar-refractivity contribution in [3.05, 3.63) is 131 Å². The lowest BCUT2D eigenvalue weighted by molar-refractivity contribution is -0.671. The molecule has 2 aromatic carbocycles. The van der Waals surface area contributed by atoms with Gasteiger partial charge in [0.15, 0.2) is 24.8 Å². The summed E-state index contributed by atoms with van der Waals surface area (Å²) >= 11 is 3.85. The number of hydrogen-bond acceptors (Lipinski definition) is 2. The first kappa shape index (κ1) is 27.7. The fourth-order valence-electron chi connectivity index (χ4n) is 6.23. The molecule has 0 bridgehead atoms. The second-order valence-corrected chi connectivity index (χ2v) is 14.1. The lowest BCUT2D eigenvalue weighted by Gasteiger charge is -2.07. The third-order valence-electron chi connectivity index (χ3n) is 8.67. The predicted molar refractivity (Wildman–Crippen MR) is 183 cm³/mol. The molecule has 6 aromatic rings. The van der Waals surface area contributed by atoms with Crippen molar-refractivity contribution in [2.24, 2.45) is 14.1 Å². The summed E-state index contributed by atoms with van der Waals surface area (Å²) in [6, 6.07) is 31.7. The van der Waals surface area contributed by atoms with Crippen molar-refractivity contribution in [1.29, 1.82) is 0 Å². The Hall–Kier alpha value is -4.12. The summed E-state index contributed by atoms with van der Waals surface area (Å²) in [5.41, 5.74) is 13.6. The minimum Gasteiger partial charge on any atom is -0.208 e. The van der Waals surface area contributed by atoms with E-state index < -0.39 is 0 Å². The molecule has 0 saturated carbocycles. The van der Waals surface area contributed by atoms with Gasteiger partial charge in [-0.1, -0.05) is 48.5 Å². The second-order valence-electron chi connectivity index (χ2n) is 11.6. The van der Waals surface area contributed by atoms with Crippen LogP contribution in [-0.4, -0.2) is 0 Å². The number of thiophene rings is 2. The highest BCUT2D eigenvalue weighted by Gasteiger charge is 2.23. The highest BCUT2D eigenvalue weighted by atomic mass is 32.1. The molecule has 212 valence electrons. The Labute approximate surface area is 262 Å². The molecule has 43 heavy (non-hydrogen) atoms. The summed E-state index contributed by atoms with van der Waals surface area (Å²) in [5.74, 6) is 0. The van der Waals surface area contributed by atoms with Gasteiger partial charge in [0.05, 0.1) is 0 Å². The summed E-state index contributed by atoms with van der Waals surface area (Å²) < 4.78 is 4.14. The van der Waals surface area contributed by atoms with E-state index in [1.54, 1.807) is 11.1 Å². The molecule has 4 heterocycles. The highest BCUT2D eigenvalue weighted by molar-refractivity contribution is 7.16. The molecular weight excluding hydrogens is 561 g/mol. The van der Waals surface area contributed by atoms with E-state index in [-0.39, 0.29) is 0 Å². The average Bonchev–Trinajstić information content (AvgIpc) is 3.76. The zero-order valence-electron chi connectivity index (χ0n) is 25.2. The molecule has 2 nitrogen and oxygen atoms in total. The number of aromatic nitrogens is 2. The first-order chi connectivity index (χ1) is 20.9. The summed E-state index contributed by atoms with van der Waals surface area (Å²) in [6.07, 6.45) is 12.0. The molecule has 0 unspecified atom stereocenters. The number of rotatable bonds is 6. The normalized spacial score (nSPS) is 13.2. The molecular formula is C39H36N2S2+2. The zero-order chi connectivity index (χ0) is 29.5. The highest BCUT2D eigenvalue weighted by Crippen LogP contribution is 2.47. The van der Waals surface area contributed by atoms with Crippen LogP contribution in [-0.2, 0) is 14.1 Å². The van der Waals surface area contributed by atoms with Crippen LogP contribution in [0.25, 0.3) is 54.3 Å². The van der Waals surface area contributed by atoms with Crippen molar-refractivity contribution in [3.63, 3.8) is 0 Å². The maximum absolute atomic E-state index is 2.45. The molecule has 1 aliphatic rings. The monoisotopic (exact) mass is 596 g/mol. The van der Waals surface area contributed by atoms with E-state index in [1.165, 1.54) is 70.4 Å². The molecule has 0 amide bonds. The van der Waals surface area contributed by atoms with E-state index in [1.807, 2.05) is 22.7 Å². The zero-order valence-corrected chi connectivity index (χ0v) is 26.9.